The Labute approximate surface area is 76.7 Å². The molecule has 0 aliphatic heterocycles. The molecular weight excluding hydrogens is 209 g/mol. The third-order valence-corrected chi connectivity index (χ3v) is 1.80. The van der Waals surface area contributed by atoms with Gasteiger partial charge < -0.3 is 5.11 Å². The number of aliphatic hydroxyl groups is 1. The summed E-state index contributed by atoms with van der Waals surface area (Å²) in [6.45, 7) is 0. The summed E-state index contributed by atoms with van der Waals surface area (Å²) in [5, 5.41) is 12.1. The summed E-state index contributed by atoms with van der Waals surface area (Å²) in [7, 11) is 1.27. The molecule has 0 radical (unpaired) electrons. The Morgan fingerprint density at radius 2 is 2.15 bits per heavy atom. The number of nitrogens with zero attached hydrogens (tertiary/aromatic N) is 2. The Bertz CT molecular complexity index is 290. The first-order valence-corrected chi connectivity index (χ1v) is 3.64. The summed E-state index contributed by atoms with van der Waals surface area (Å²) in [4.78, 5) is 0. The van der Waals surface area contributed by atoms with Gasteiger partial charge in [0.25, 0.3) is 0 Å². The molecule has 0 saturated carbocycles. The lowest BCUT2D eigenvalue weighted by Crippen LogP contribution is -2.22. The highest BCUT2D eigenvalue weighted by atomic mass is 35.5. The highest BCUT2D eigenvalue weighted by Crippen LogP contribution is 2.35. The quantitative estimate of drug-likeness (QED) is 0.772. The second kappa shape index (κ2) is 3.19. The van der Waals surface area contributed by atoms with Crippen molar-refractivity contribution in [1.29, 1.82) is 0 Å². The molecule has 7 heteroatoms. The fourth-order valence-electron chi connectivity index (χ4n) is 0.883. The normalized spacial score (nSPS) is 14.6. The third-order valence-electron chi connectivity index (χ3n) is 1.51. The number of halogens is 4. The highest BCUT2D eigenvalue weighted by Gasteiger charge is 2.42. The lowest BCUT2D eigenvalue weighted by atomic mass is 10.2. The Balaban J connectivity index is 3.08. The van der Waals surface area contributed by atoms with Gasteiger partial charge in [-0.25, -0.2) is 0 Å². The van der Waals surface area contributed by atoms with E-state index in [9.17, 15) is 13.2 Å². The van der Waals surface area contributed by atoms with Crippen LogP contribution in [-0.2, 0) is 7.05 Å². The van der Waals surface area contributed by atoms with Crippen molar-refractivity contribution in [2.24, 2.45) is 7.05 Å². The molecular formula is C6H6ClF3N2O. The van der Waals surface area contributed by atoms with E-state index in [0.717, 1.165) is 10.9 Å². The van der Waals surface area contributed by atoms with Gasteiger partial charge >= 0.3 is 6.18 Å². The number of aliphatic hydroxyl groups excluding tert-OH is 1. The van der Waals surface area contributed by atoms with Gasteiger partial charge in [-0.15, -0.1) is 0 Å². The maximum Gasteiger partial charge on any atom is 0.420 e. The van der Waals surface area contributed by atoms with E-state index in [1.54, 1.807) is 0 Å². The summed E-state index contributed by atoms with van der Waals surface area (Å²) >= 11 is 5.40. The Morgan fingerprint density at radius 1 is 1.62 bits per heavy atom. The van der Waals surface area contributed by atoms with Crippen LogP contribution in [0.3, 0.4) is 0 Å². The van der Waals surface area contributed by atoms with Crippen molar-refractivity contribution < 1.29 is 18.3 Å². The van der Waals surface area contributed by atoms with Crippen molar-refractivity contribution in [2.75, 3.05) is 0 Å². The zero-order valence-corrected chi connectivity index (χ0v) is 7.26. The molecule has 0 bridgehead atoms. The van der Waals surface area contributed by atoms with Crippen LogP contribution >= 0.6 is 11.6 Å². The Hall–Kier alpha value is -0.750. The summed E-state index contributed by atoms with van der Waals surface area (Å²) in [6.07, 6.45) is -6.27. The largest absolute Gasteiger partial charge is 0.420 e. The molecule has 1 N–H and O–H groups in total. The zero-order chi connectivity index (χ0) is 10.2. The average Bonchev–Trinajstić information content (AvgIpc) is 2.28. The molecule has 0 fully saturated rings. The Kier molecular flexibility index (Phi) is 2.53. The number of hydrogen-bond acceptors (Lipinski definition) is 2. The fourth-order valence-corrected chi connectivity index (χ4v) is 1.15. The van der Waals surface area contributed by atoms with Crippen molar-refractivity contribution in [3.8, 4) is 0 Å². The predicted molar refractivity (Wildman–Crippen MR) is 39.2 cm³/mol. The van der Waals surface area contributed by atoms with Gasteiger partial charge in [0, 0.05) is 7.05 Å². The molecule has 3 nitrogen and oxygen atoms in total. The minimum Gasteiger partial charge on any atom is -0.378 e. The molecule has 0 spiro atoms. The molecule has 1 heterocycles. The second-order valence-electron chi connectivity index (χ2n) is 2.45. The standard InChI is InChI=1S/C6H6ClF3N2O/c1-12-4(3(7)2-11-12)5(13)6(8,9)10/h2,5,13H,1H3. The lowest BCUT2D eigenvalue weighted by Gasteiger charge is -2.14. The molecule has 74 valence electrons. The van der Waals surface area contributed by atoms with Gasteiger partial charge in [0.05, 0.1) is 16.9 Å². The van der Waals surface area contributed by atoms with E-state index in [-0.39, 0.29) is 5.02 Å². The fraction of sp³-hybridized carbons (Fsp3) is 0.500. The van der Waals surface area contributed by atoms with Gasteiger partial charge in [0.2, 0.25) is 0 Å². The van der Waals surface area contributed by atoms with E-state index in [1.165, 1.54) is 7.05 Å². The van der Waals surface area contributed by atoms with Gasteiger partial charge in [-0.2, -0.15) is 18.3 Å². The zero-order valence-electron chi connectivity index (χ0n) is 6.51. The SMILES string of the molecule is Cn1ncc(Cl)c1C(O)C(F)(F)F. The van der Waals surface area contributed by atoms with Gasteiger partial charge in [-0.05, 0) is 0 Å². The summed E-state index contributed by atoms with van der Waals surface area (Å²) in [6, 6.07) is 0. The molecule has 13 heavy (non-hydrogen) atoms. The van der Waals surface area contributed by atoms with E-state index in [0.29, 0.717) is 0 Å². The molecule has 0 aromatic carbocycles. The van der Waals surface area contributed by atoms with Crippen LogP contribution in [0.2, 0.25) is 5.02 Å². The van der Waals surface area contributed by atoms with E-state index < -0.39 is 18.0 Å². The van der Waals surface area contributed by atoms with Crippen LogP contribution in [0.25, 0.3) is 0 Å². The smallest absolute Gasteiger partial charge is 0.378 e. The van der Waals surface area contributed by atoms with Crippen LogP contribution < -0.4 is 0 Å². The third kappa shape index (κ3) is 1.94. The van der Waals surface area contributed by atoms with E-state index >= 15 is 0 Å². The summed E-state index contributed by atoms with van der Waals surface area (Å²) in [5.74, 6) is 0. The molecule has 0 saturated heterocycles. The minimum atomic E-state index is -4.72. The minimum absolute atomic E-state index is 0.202. The summed E-state index contributed by atoms with van der Waals surface area (Å²) in [5.41, 5.74) is -0.450. The van der Waals surface area contributed by atoms with Crippen LogP contribution in [0.5, 0.6) is 0 Å². The first-order valence-electron chi connectivity index (χ1n) is 3.26. The number of hydrogen-bond donors (Lipinski definition) is 1. The van der Waals surface area contributed by atoms with Crippen LogP contribution in [0, 0.1) is 0 Å². The van der Waals surface area contributed by atoms with Gasteiger partial charge in [-0.3, -0.25) is 4.68 Å². The molecule has 1 aromatic rings. The number of alkyl halides is 3. The molecule has 0 aliphatic carbocycles. The van der Waals surface area contributed by atoms with E-state index in [1.807, 2.05) is 0 Å². The van der Waals surface area contributed by atoms with Gasteiger partial charge in [-0.1, -0.05) is 11.6 Å². The molecule has 1 unspecified atom stereocenters. The van der Waals surface area contributed by atoms with E-state index in [2.05, 4.69) is 5.10 Å². The number of aryl methyl sites for hydroxylation is 1. The van der Waals surface area contributed by atoms with E-state index in [4.69, 9.17) is 16.7 Å². The molecule has 1 rings (SSSR count). The summed E-state index contributed by atoms with van der Waals surface area (Å²) < 4.78 is 37.0. The second-order valence-corrected chi connectivity index (χ2v) is 2.85. The molecule has 0 amide bonds. The predicted octanol–water partition coefficient (Wildman–Crippen LogP) is 1.67. The Morgan fingerprint density at radius 3 is 2.46 bits per heavy atom. The van der Waals surface area contributed by atoms with Crippen LogP contribution in [0.4, 0.5) is 13.2 Å². The average molecular weight is 215 g/mol. The lowest BCUT2D eigenvalue weighted by molar-refractivity contribution is -0.208. The van der Waals surface area contributed by atoms with Gasteiger partial charge in [0.1, 0.15) is 0 Å². The first kappa shape index (κ1) is 10.3. The molecule has 1 aromatic heterocycles. The van der Waals surface area contributed by atoms with Crippen molar-refractivity contribution in [3.63, 3.8) is 0 Å². The van der Waals surface area contributed by atoms with Crippen molar-refractivity contribution in [3.05, 3.63) is 16.9 Å². The van der Waals surface area contributed by atoms with Crippen molar-refractivity contribution >= 4 is 11.6 Å². The topological polar surface area (TPSA) is 38.0 Å². The number of rotatable bonds is 1. The molecule has 1 atom stereocenters. The van der Waals surface area contributed by atoms with Gasteiger partial charge in [0.15, 0.2) is 6.10 Å². The van der Waals surface area contributed by atoms with Crippen LogP contribution in [-0.4, -0.2) is 21.1 Å². The van der Waals surface area contributed by atoms with Crippen LogP contribution in [0.1, 0.15) is 11.8 Å². The molecule has 0 aliphatic rings. The van der Waals surface area contributed by atoms with Crippen molar-refractivity contribution in [1.82, 2.24) is 9.78 Å². The van der Waals surface area contributed by atoms with Crippen LogP contribution in [0.15, 0.2) is 6.20 Å². The number of aromatic nitrogens is 2. The van der Waals surface area contributed by atoms with Crippen molar-refractivity contribution in [2.45, 2.75) is 12.3 Å². The highest BCUT2D eigenvalue weighted by molar-refractivity contribution is 6.31. The maximum atomic E-state index is 12.0. The monoisotopic (exact) mass is 214 g/mol. The first-order chi connectivity index (χ1) is 5.84. The maximum absolute atomic E-state index is 12.0.